The number of benzene rings is 1. The summed E-state index contributed by atoms with van der Waals surface area (Å²) in [6.45, 7) is 0.632. The van der Waals surface area contributed by atoms with Crippen molar-refractivity contribution in [3.05, 3.63) is 49.7 Å². The van der Waals surface area contributed by atoms with Gasteiger partial charge in [-0.1, -0.05) is 11.6 Å². The number of fused-ring (bicyclic) bond motifs is 2. The van der Waals surface area contributed by atoms with E-state index >= 15 is 0 Å². The highest BCUT2D eigenvalue weighted by molar-refractivity contribution is 7.98. The molecule has 1 aromatic carbocycles. The molecule has 2 aliphatic rings. The van der Waals surface area contributed by atoms with Crippen molar-refractivity contribution in [3.8, 4) is 5.75 Å². The first-order chi connectivity index (χ1) is 10.2. The summed E-state index contributed by atoms with van der Waals surface area (Å²) < 4.78 is 5.65. The standard InChI is InChI=1S/C16H13ClO2S2/c17-11-5-9-1-3-19-16(9)12(7-11)15(18)14-6-10-8-20-4-2-13(10)21-14/h5-7H,1-4,8H2. The number of thioether (sulfide) groups is 1. The number of rotatable bonds is 2. The Morgan fingerprint density at radius 3 is 2.95 bits per heavy atom. The third-order valence-corrected chi connectivity index (χ3v) is 6.31. The molecule has 1 aromatic heterocycles. The Labute approximate surface area is 136 Å². The molecule has 0 saturated carbocycles. The Morgan fingerprint density at radius 1 is 1.19 bits per heavy atom. The molecule has 0 unspecified atom stereocenters. The van der Waals surface area contributed by atoms with Crippen LogP contribution in [0.15, 0.2) is 18.2 Å². The third kappa shape index (κ3) is 2.39. The van der Waals surface area contributed by atoms with Crippen molar-refractivity contribution in [2.45, 2.75) is 18.6 Å². The summed E-state index contributed by atoms with van der Waals surface area (Å²) in [6, 6.07) is 5.69. The van der Waals surface area contributed by atoms with Crippen LogP contribution in [0.1, 0.15) is 31.2 Å². The van der Waals surface area contributed by atoms with Crippen LogP contribution >= 0.6 is 34.7 Å². The number of hydrogen-bond acceptors (Lipinski definition) is 4. The smallest absolute Gasteiger partial charge is 0.206 e. The lowest BCUT2D eigenvalue weighted by molar-refractivity contribution is 0.103. The Hall–Kier alpha value is -0.970. The highest BCUT2D eigenvalue weighted by Crippen LogP contribution is 2.37. The van der Waals surface area contributed by atoms with Crippen LogP contribution in [-0.2, 0) is 18.6 Å². The molecular formula is C16H13ClO2S2. The molecule has 0 aliphatic carbocycles. The van der Waals surface area contributed by atoms with Crippen LogP contribution in [0.3, 0.4) is 0 Å². The SMILES string of the molecule is O=C(c1cc2c(s1)CCSC2)c1cc(Cl)cc2c1OCC2. The zero-order valence-corrected chi connectivity index (χ0v) is 13.7. The molecule has 0 atom stereocenters. The van der Waals surface area contributed by atoms with Gasteiger partial charge in [0.05, 0.1) is 17.0 Å². The summed E-state index contributed by atoms with van der Waals surface area (Å²) in [5.41, 5.74) is 2.98. The van der Waals surface area contributed by atoms with Gasteiger partial charge in [0.2, 0.25) is 5.78 Å². The number of thiophene rings is 1. The van der Waals surface area contributed by atoms with Gasteiger partial charge in [0, 0.05) is 22.1 Å². The molecule has 2 aromatic rings. The zero-order valence-electron chi connectivity index (χ0n) is 11.3. The maximum Gasteiger partial charge on any atom is 0.206 e. The van der Waals surface area contributed by atoms with Gasteiger partial charge in [0.15, 0.2) is 0 Å². The quantitative estimate of drug-likeness (QED) is 0.762. The van der Waals surface area contributed by atoms with Gasteiger partial charge < -0.3 is 4.74 Å². The highest BCUT2D eigenvalue weighted by atomic mass is 35.5. The number of hydrogen-bond donors (Lipinski definition) is 0. The molecule has 0 saturated heterocycles. The molecule has 0 N–H and O–H groups in total. The van der Waals surface area contributed by atoms with Crippen LogP contribution in [-0.4, -0.2) is 18.1 Å². The van der Waals surface area contributed by atoms with Gasteiger partial charge >= 0.3 is 0 Å². The molecule has 0 bridgehead atoms. The number of carbonyl (C=O) groups is 1. The van der Waals surface area contributed by atoms with E-state index in [2.05, 4.69) is 6.07 Å². The highest BCUT2D eigenvalue weighted by Gasteiger charge is 2.25. The second kappa shape index (κ2) is 5.34. The summed E-state index contributed by atoms with van der Waals surface area (Å²) in [5.74, 6) is 2.94. The molecule has 108 valence electrons. The summed E-state index contributed by atoms with van der Waals surface area (Å²) in [7, 11) is 0. The predicted molar refractivity (Wildman–Crippen MR) is 88.3 cm³/mol. The number of halogens is 1. The molecule has 0 fully saturated rings. The van der Waals surface area contributed by atoms with Gasteiger partial charge in [0.25, 0.3) is 0 Å². The van der Waals surface area contributed by atoms with Gasteiger partial charge in [-0.25, -0.2) is 0 Å². The van der Waals surface area contributed by atoms with Crippen LogP contribution in [0.5, 0.6) is 5.75 Å². The van der Waals surface area contributed by atoms with E-state index in [4.69, 9.17) is 16.3 Å². The molecule has 0 amide bonds. The van der Waals surface area contributed by atoms with Crippen LogP contribution < -0.4 is 4.74 Å². The van der Waals surface area contributed by atoms with E-state index in [9.17, 15) is 4.79 Å². The maximum atomic E-state index is 12.8. The summed E-state index contributed by atoms with van der Waals surface area (Å²) in [6.07, 6.45) is 1.90. The molecule has 0 spiro atoms. The Morgan fingerprint density at radius 2 is 2.10 bits per heavy atom. The van der Waals surface area contributed by atoms with Gasteiger partial charge in [-0.15, -0.1) is 11.3 Å². The minimum atomic E-state index is 0.0417. The van der Waals surface area contributed by atoms with Crippen LogP contribution in [0, 0.1) is 0 Å². The Kier molecular flexibility index (Phi) is 3.48. The van der Waals surface area contributed by atoms with Crippen molar-refractivity contribution in [2.75, 3.05) is 12.4 Å². The van der Waals surface area contributed by atoms with Gasteiger partial charge in [0.1, 0.15) is 5.75 Å². The van der Waals surface area contributed by atoms with E-state index in [1.807, 2.05) is 17.8 Å². The summed E-state index contributed by atoms with van der Waals surface area (Å²) in [5, 5.41) is 0.611. The van der Waals surface area contributed by atoms with Crippen molar-refractivity contribution in [1.29, 1.82) is 0 Å². The average molecular weight is 337 g/mol. The number of ether oxygens (including phenoxy) is 1. The number of carbonyl (C=O) groups excluding carboxylic acids is 1. The normalized spacial score (nSPS) is 16.2. The first-order valence-electron chi connectivity index (χ1n) is 6.91. The van der Waals surface area contributed by atoms with Gasteiger partial charge in [-0.05, 0) is 41.5 Å². The fraction of sp³-hybridized carbons (Fsp3) is 0.312. The lowest BCUT2D eigenvalue weighted by Gasteiger charge is -2.08. The molecule has 21 heavy (non-hydrogen) atoms. The van der Waals surface area contributed by atoms with E-state index in [0.29, 0.717) is 17.2 Å². The fourth-order valence-electron chi connectivity index (χ4n) is 2.83. The van der Waals surface area contributed by atoms with Crippen LogP contribution in [0.4, 0.5) is 0 Å². The van der Waals surface area contributed by atoms with Crippen molar-refractivity contribution in [1.82, 2.24) is 0 Å². The summed E-state index contributed by atoms with van der Waals surface area (Å²) >= 11 is 9.71. The molecule has 4 rings (SSSR count). The monoisotopic (exact) mass is 336 g/mol. The van der Waals surface area contributed by atoms with E-state index in [0.717, 1.165) is 40.5 Å². The van der Waals surface area contributed by atoms with E-state index < -0.39 is 0 Å². The van der Waals surface area contributed by atoms with Crippen molar-refractivity contribution in [2.24, 2.45) is 0 Å². The molecule has 2 aliphatic heterocycles. The maximum absolute atomic E-state index is 12.8. The lowest BCUT2D eigenvalue weighted by Crippen LogP contribution is -2.02. The summed E-state index contributed by atoms with van der Waals surface area (Å²) in [4.78, 5) is 15.0. The van der Waals surface area contributed by atoms with Crippen molar-refractivity contribution in [3.63, 3.8) is 0 Å². The second-order valence-electron chi connectivity index (χ2n) is 5.23. The fourth-order valence-corrected chi connectivity index (χ4v) is 5.40. The minimum Gasteiger partial charge on any atom is -0.492 e. The third-order valence-electron chi connectivity index (χ3n) is 3.84. The topological polar surface area (TPSA) is 26.3 Å². The lowest BCUT2D eigenvalue weighted by atomic mass is 10.0. The van der Waals surface area contributed by atoms with Gasteiger partial charge in [-0.3, -0.25) is 4.79 Å². The predicted octanol–water partition coefficient (Wildman–Crippen LogP) is 4.36. The Bertz CT molecular complexity index is 713. The minimum absolute atomic E-state index is 0.0417. The molecule has 2 nitrogen and oxygen atoms in total. The molecule has 5 heteroatoms. The number of aryl methyl sites for hydroxylation is 1. The first kappa shape index (κ1) is 13.7. The Balaban J connectivity index is 1.77. The van der Waals surface area contributed by atoms with Gasteiger partial charge in [-0.2, -0.15) is 11.8 Å². The zero-order chi connectivity index (χ0) is 14.4. The van der Waals surface area contributed by atoms with Crippen LogP contribution in [0.25, 0.3) is 0 Å². The molecular weight excluding hydrogens is 324 g/mol. The van der Waals surface area contributed by atoms with E-state index in [-0.39, 0.29) is 5.78 Å². The van der Waals surface area contributed by atoms with Crippen molar-refractivity contribution < 1.29 is 9.53 Å². The average Bonchev–Trinajstić information content (AvgIpc) is 3.11. The van der Waals surface area contributed by atoms with Crippen molar-refractivity contribution >= 4 is 40.5 Å². The first-order valence-corrected chi connectivity index (χ1v) is 9.26. The van der Waals surface area contributed by atoms with E-state index in [1.54, 1.807) is 17.4 Å². The van der Waals surface area contributed by atoms with E-state index in [1.165, 1.54) is 10.4 Å². The largest absolute Gasteiger partial charge is 0.492 e. The molecule has 0 radical (unpaired) electrons. The van der Waals surface area contributed by atoms with Crippen LogP contribution in [0.2, 0.25) is 5.02 Å². The second-order valence-corrected chi connectivity index (χ2v) is 7.91. The number of ketones is 1. The molecule has 3 heterocycles.